The molecule has 0 spiro atoms. The lowest BCUT2D eigenvalue weighted by atomic mass is 10.1. The number of nitrogens with one attached hydrogen (secondary N) is 2. The Balaban J connectivity index is 1.53. The molecule has 2 N–H and O–H groups in total. The number of methoxy groups -OCH3 is 1. The van der Waals surface area contributed by atoms with Gasteiger partial charge < -0.3 is 15.4 Å². The Bertz CT molecular complexity index is 916. The summed E-state index contributed by atoms with van der Waals surface area (Å²) in [6.45, 7) is 0.685. The molecule has 0 aliphatic rings. The Hall–Kier alpha value is -3.12. The molecule has 1 aromatic heterocycles. The summed E-state index contributed by atoms with van der Waals surface area (Å²) in [6.07, 6.45) is 3.79. The van der Waals surface area contributed by atoms with Crippen molar-refractivity contribution >= 4 is 29.0 Å². The molecule has 0 aliphatic heterocycles. The number of hydrogen-bond donors (Lipinski definition) is 2. The lowest BCUT2D eigenvalue weighted by Gasteiger charge is -2.08. The number of amides is 1. The highest BCUT2D eigenvalue weighted by atomic mass is 35.5. The minimum atomic E-state index is -0.332. The molecule has 3 rings (SSSR count). The van der Waals surface area contributed by atoms with Gasteiger partial charge in [0.2, 0.25) is 0 Å². The number of rotatable bonds is 7. The highest BCUT2D eigenvalue weighted by molar-refractivity contribution is 6.30. The second kappa shape index (κ2) is 9.00. The van der Waals surface area contributed by atoms with Crippen molar-refractivity contribution in [1.29, 1.82) is 0 Å². The number of anilines is 2. The van der Waals surface area contributed by atoms with Crippen molar-refractivity contribution < 1.29 is 9.53 Å². The van der Waals surface area contributed by atoms with Crippen LogP contribution in [-0.4, -0.2) is 29.5 Å². The van der Waals surface area contributed by atoms with Crippen LogP contribution in [0, 0.1) is 0 Å². The average molecular weight is 383 g/mol. The van der Waals surface area contributed by atoms with Gasteiger partial charge in [0.15, 0.2) is 0 Å². The number of nitrogens with zero attached hydrogens (tertiary/aromatic N) is 2. The number of carbonyl (C=O) groups is 1. The van der Waals surface area contributed by atoms with Crippen molar-refractivity contribution in [2.75, 3.05) is 24.3 Å². The molecule has 0 saturated heterocycles. The van der Waals surface area contributed by atoms with E-state index in [0.29, 0.717) is 23.8 Å². The molecule has 0 fully saturated rings. The van der Waals surface area contributed by atoms with E-state index in [9.17, 15) is 4.79 Å². The predicted octanol–water partition coefficient (Wildman–Crippen LogP) is 4.05. The van der Waals surface area contributed by atoms with Crippen molar-refractivity contribution in [2.45, 2.75) is 6.42 Å². The lowest BCUT2D eigenvalue weighted by molar-refractivity contribution is 0.102. The number of ether oxygens (including phenoxy) is 1. The van der Waals surface area contributed by atoms with Gasteiger partial charge in [0.1, 0.15) is 17.3 Å². The molecule has 0 atom stereocenters. The second-order valence-corrected chi connectivity index (χ2v) is 6.22. The van der Waals surface area contributed by atoms with Crippen LogP contribution in [0.25, 0.3) is 0 Å². The monoisotopic (exact) mass is 382 g/mol. The largest absolute Gasteiger partial charge is 0.497 e. The molecule has 0 aliphatic carbocycles. The van der Waals surface area contributed by atoms with Gasteiger partial charge in [-0.1, -0.05) is 29.8 Å². The smallest absolute Gasteiger partial charge is 0.275 e. The van der Waals surface area contributed by atoms with Crippen LogP contribution in [0.5, 0.6) is 5.75 Å². The summed E-state index contributed by atoms with van der Waals surface area (Å²) in [5.74, 6) is 0.939. The van der Waals surface area contributed by atoms with Crippen molar-refractivity contribution in [3.05, 3.63) is 77.2 Å². The van der Waals surface area contributed by atoms with Gasteiger partial charge in [0.25, 0.3) is 5.91 Å². The summed E-state index contributed by atoms with van der Waals surface area (Å²) < 4.78 is 5.14. The fraction of sp³-hybridized carbons (Fsp3) is 0.150. The van der Waals surface area contributed by atoms with Gasteiger partial charge in [-0.3, -0.25) is 4.79 Å². The fourth-order valence-corrected chi connectivity index (χ4v) is 2.67. The van der Waals surface area contributed by atoms with Gasteiger partial charge in [-0.05, 0) is 36.2 Å². The first-order valence-electron chi connectivity index (χ1n) is 8.40. The van der Waals surface area contributed by atoms with Crippen molar-refractivity contribution in [3.63, 3.8) is 0 Å². The fourth-order valence-electron chi connectivity index (χ4n) is 2.46. The van der Waals surface area contributed by atoms with E-state index < -0.39 is 0 Å². The third-order valence-corrected chi connectivity index (χ3v) is 4.06. The number of halogens is 1. The number of carbonyl (C=O) groups excluding carboxylic acids is 1. The Morgan fingerprint density at radius 3 is 2.70 bits per heavy atom. The molecule has 1 heterocycles. The minimum Gasteiger partial charge on any atom is -0.497 e. The molecule has 27 heavy (non-hydrogen) atoms. The van der Waals surface area contributed by atoms with E-state index in [-0.39, 0.29) is 11.6 Å². The zero-order chi connectivity index (χ0) is 19.1. The van der Waals surface area contributed by atoms with Crippen molar-refractivity contribution in [2.24, 2.45) is 0 Å². The summed E-state index contributed by atoms with van der Waals surface area (Å²) in [7, 11) is 1.57. The molecule has 0 radical (unpaired) electrons. The van der Waals surface area contributed by atoms with Gasteiger partial charge in [-0.2, -0.15) is 0 Å². The van der Waals surface area contributed by atoms with Crippen molar-refractivity contribution in [1.82, 2.24) is 9.97 Å². The maximum atomic E-state index is 12.3. The standard InChI is InChI=1S/C20H19ClN4O2/c1-27-17-7-3-6-16(11-17)25-20(26)18-12-24-19(13-23-18)22-9-8-14-4-2-5-15(21)10-14/h2-7,10-13H,8-9H2,1H3,(H,22,24)(H,25,26). The first kappa shape index (κ1) is 18.7. The van der Waals surface area contributed by atoms with Crippen molar-refractivity contribution in [3.8, 4) is 5.75 Å². The third-order valence-electron chi connectivity index (χ3n) is 3.82. The second-order valence-electron chi connectivity index (χ2n) is 5.78. The van der Waals surface area contributed by atoms with Crippen LogP contribution in [0.3, 0.4) is 0 Å². The van der Waals surface area contributed by atoms with Crippen LogP contribution in [0.15, 0.2) is 60.9 Å². The van der Waals surface area contributed by atoms with Crippen LogP contribution < -0.4 is 15.4 Å². The molecule has 2 aromatic carbocycles. The summed E-state index contributed by atoms with van der Waals surface area (Å²) in [5, 5.41) is 6.67. The predicted molar refractivity (Wildman–Crippen MR) is 107 cm³/mol. The van der Waals surface area contributed by atoms with Crippen LogP contribution in [-0.2, 0) is 6.42 Å². The normalized spacial score (nSPS) is 10.3. The van der Waals surface area contributed by atoms with Crippen LogP contribution in [0.1, 0.15) is 16.1 Å². The number of aromatic nitrogens is 2. The molecule has 0 saturated carbocycles. The molecule has 0 unspecified atom stereocenters. The molecule has 138 valence electrons. The highest BCUT2D eigenvalue weighted by Crippen LogP contribution is 2.17. The molecular formula is C20H19ClN4O2. The highest BCUT2D eigenvalue weighted by Gasteiger charge is 2.09. The Morgan fingerprint density at radius 1 is 1.11 bits per heavy atom. The van der Waals surface area contributed by atoms with E-state index >= 15 is 0 Å². The molecule has 6 nitrogen and oxygen atoms in total. The molecule has 1 amide bonds. The summed E-state index contributed by atoms with van der Waals surface area (Å²) in [5.41, 5.74) is 2.00. The quantitative estimate of drug-likeness (QED) is 0.644. The summed E-state index contributed by atoms with van der Waals surface area (Å²) in [4.78, 5) is 20.7. The van der Waals surface area contributed by atoms with Gasteiger partial charge >= 0.3 is 0 Å². The van der Waals surface area contributed by atoms with Gasteiger partial charge in [0, 0.05) is 23.3 Å². The first-order chi connectivity index (χ1) is 13.1. The zero-order valence-corrected chi connectivity index (χ0v) is 15.5. The molecule has 7 heteroatoms. The lowest BCUT2D eigenvalue weighted by Crippen LogP contribution is -2.15. The topological polar surface area (TPSA) is 76.1 Å². The van der Waals surface area contributed by atoms with Gasteiger partial charge in [-0.25, -0.2) is 9.97 Å². The van der Waals surface area contributed by atoms with E-state index in [0.717, 1.165) is 17.0 Å². The van der Waals surface area contributed by atoms with Gasteiger partial charge in [-0.15, -0.1) is 0 Å². The van der Waals surface area contributed by atoms with E-state index in [1.165, 1.54) is 6.20 Å². The first-order valence-corrected chi connectivity index (χ1v) is 8.77. The molecule has 3 aromatic rings. The van der Waals surface area contributed by atoms with E-state index in [1.807, 2.05) is 24.3 Å². The minimum absolute atomic E-state index is 0.234. The van der Waals surface area contributed by atoms with Crippen LogP contribution in [0.4, 0.5) is 11.5 Å². The maximum Gasteiger partial charge on any atom is 0.275 e. The van der Waals surface area contributed by atoms with Gasteiger partial charge in [0.05, 0.1) is 19.5 Å². The number of benzene rings is 2. The zero-order valence-electron chi connectivity index (χ0n) is 14.8. The van der Waals surface area contributed by atoms with E-state index in [4.69, 9.17) is 16.3 Å². The summed E-state index contributed by atoms with van der Waals surface area (Å²) in [6, 6.07) is 14.8. The third kappa shape index (κ3) is 5.43. The van der Waals surface area contributed by atoms with E-state index in [1.54, 1.807) is 37.6 Å². The maximum absolute atomic E-state index is 12.3. The number of hydrogen-bond acceptors (Lipinski definition) is 5. The Labute approximate surface area is 162 Å². The Kier molecular flexibility index (Phi) is 6.22. The molecular weight excluding hydrogens is 364 g/mol. The Morgan fingerprint density at radius 2 is 1.96 bits per heavy atom. The SMILES string of the molecule is COc1cccc(NC(=O)c2cnc(NCCc3cccc(Cl)c3)cn2)c1. The van der Waals surface area contributed by atoms with E-state index in [2.05, 4.69) is 20.6 Å². The van der Waals surface area contributed by atoms with Crippen LogP contribution >= 0.6 is 11.6 Å². The summed E-state index contributed by atoms with van der Waals surface area (Å²) >= 11 is 5.98. The molecule has 0 bridgehead atoms. The average Bonchev–Trinajstić information content (AvgIpc) is 2.69. The van der Waals surface area contributed by atoms with Crippen LogP contribution in [0.2, 0.25) is 5.02 Å².